The number of nitrogen functional groups attached to an aromatic ring is 1. The van der Waals surface area contributed by atoms with Crippen molar-refractivity contribution in [2.24, 2.45) is 0 Å². The van der Waals surface area contributed by atoms with Crippen molar-refractivity contribution in [1.82, 2.24) is 9.80 Å². The van der Waals surface area contributed by atoms with Crippen LogP contribution in [0.15, 0.2) is 18.2 Å². The summed E-state index contributed by atoms with van der Waals surface area (Å²) in [5, 5.41) is 0. The molecule has 0 spiro atoms. The standard InChI is InChI=1S/C16H25N3O/c1-18(2)16(20)13-7-8-14(15(17)11-13)12-19-9-5-3-4-6-10-19/h7-8,11H,3-6,9-10,12,17H2,1-2H3. The van der Waals surface area contributed by atoms with Crippen molar-refractivity contribution in [2.45, 2.75) is 32.2 Å². The van der Waals surface area contributed by atoms with Crippen molar-refractivity contribution in [3.05, 3.63) is 29.3 Å². The summed E-state index contributed by atoms with van der Waals surface area (Å²) < 4.78 is 0. The zero-order valence-corrected chi connectivity index (χ0v) is 12.6. The van der Waals surface area contributed by atoms with Gasteiger partial charge in [-0.2, -0.15) is 0 Å². The summed E-state index contributed by atoms with van der Waals surface area (Å²) in [7, 11) is 3.51. The van der Waals surface area contributed by atoms with E-state index in [0.29, 0.717) is 5.56 Å². The van der Waals surface area contributed by atoms with Crippen molar-refractivity contribution in [3.8, 4) is 0 Å². The molecule has 1 aromatic rings. The molecule has 1 saturated heterocycles. The van der Waals surface area contributed by atoms with Gasteiger partial charge in [0, 0.05) is 31.9 Å². The fourth-order valence-electron chi connectivity index (χ4n) is 2.67. The van der Waals surface area contributed by atoms with E-state index in [-0.39, 0.29) is 5.91 Å². The van der Waals surface area contributed by atoms with Gasteiger partial charge in [-0.25, -0.2) is 0 Å². The summed E-state index contributed by atoms with van der Waals surface area (Å²) in [6, 6.07) is 5.68. The maximum Gasteiger partial charge on any atom is 0.253 e. The van der Waals surface area contributed by atoms with Crippen molar-refractivity contribution in [3.63, 3.8) is 0 Å². The van der Waals surface area contributed by atoms with Gasteiger partial charge in [0.05, 0.1) is 0 Å². The first-order valence-electron chi connectivity index (χ1n) is 7.40. The molecule has 1 heterocycles. The monoisotopic (exact) mass is 275 g/mol. The zero-order chi connectivity index (χ0) is 14.5. The second-order valence-electron chi connectivity index (χ2n) is 5.80. The Labute approximate surface area is 121 Å². The molecule has 2 rings (SSSR count). The van der Waals surface area contributed by atoms with Gasteiger partial charge in [0.15, 0.2) is 0 Å². The number of rotatable bonds is 3. The number of nitrogens with zero attached hydrogens (tertiary/aromatic N) is 2. The van der Waals surface area contributed by atoms with Crippen LogP contribution < -0.4 is 5.73 Å². The van der Waals surface area contributed by atoms with Crippen LogP contribution in [-0.4, -0.2) is 42.9 Å². The van der Waals surface area contributed by atoms with Crippen molar-refractivity contribution in [1.29, 1.82) is 0 Å². The second kappa shape index (κ2) is 6.75. The molecule has 1 aliphatic rings. The van der Waals surface area contributed by atoms with Gasteiger partial charge in [-0.15, -0.1) is 0 Å². The van der Waals surface area contributed by atoms with Gasteiger partial charge in [0.1, 0.15) is 0 Å². The van der Waals surface area contributed by atoms with Gasteiger partial charge in [-0.3, -0.25) is 9.69 Å². The fourth-order valence-corrected chi connectivity index (χ4v) is 2.67. The molecule has 1 aliphatic heterocycles. The second-order valence-corrected chi connectivity index (χ2v) is 5.80. The highest BCUT2D eigenvalue weighted by atomic mass is 16.2. The molecule has 0 aliphatic carbocycles. The summed E-state index contributed by atoms with van der Waals surface area (Å²) in [6.07, 6.45) is 5.22. The molecule has 0 radical (unpaired) electrons. The Hall–Kier alpha value is -1.55. The van der Waals surface area contributed by atoms with Gasteiger partial charge >= 0.3 is 0 Å². The van der Waals surface area contributed by atoms with Gasteiger partial charge in [0.2, 0.25) is 0 Å². The zero-order valence-electron chi connectivity index (χ0n) is 12.6. The van der Waals surface area contributed by atoms with Gasteiger partial charge in [-0.05, 0) is 43.6 Å². The molecule has 0 saturated carbocycles. The van der Waals surface area contributed by atoms with E-state index < -0.39 is 0 Å². The van der Waals surface area contributed by atoms with Crippen LogP contribution >= 0.6 is 0 Å². The fraction of sp³-hybridized carbons (Fsp3) is 0.562. The lowest BCUT2D eigenvalue weighted by atomic mass is 10.1. The molecule has 2 N–H and O–H groups in total. The third-order valence-electron chi connectivity index (χ3n) is 3.89. The minimum atomic E-state index is -0.00183. The molecule has 0 unspecified atom stereocenters. The summed E-state index contributed by atoms with van der Waals surface area (Å²) in [5.74, 6) is -0.00183. The maximum absolute atomic E-state index is 11.9. The molecule has 4 nitrogen and oxygen atoms in total. The number of anilines is 1. The lowest BCUT2D eigenvalue weighted by Crippen LogP contribution is -2.25. The van der Waals surface area contributed by atoms with E-state index in [1.54, 1.807) is 25.1 Å². The Kier molecular flexibility index (Phi) is 5.01. The van der Waals surface area contributed by atoms with Crippen molar-refractivity contribution in [2.75, 3.05) is 32.9 Å². The Morgan fingerprint density at radius 3 is 2.40 bits per heavy atom. The maximum atomic E-state index is 11.9. The van der Waals surface area contributed by atoms with Crippen molar-refractivity contribution < 1.29 is 4.79 Å². The van der Waals surface area contributed by atoms with Crippen LogP contribution in [0.5, 0.6) is 0 Å². The molecular weight excluding hydrogens is 250 g/mol. The highest BCUT2D eigenvalue weighted by molar-refractivity contribution is 5.94. The number of benzene rings is 1. The van der Waals surface area contributed by atoms with Crippen LogP contribution in [-0.2, 0) is 6.54 Å². The van der Waals surface area contributed by atoms with Crippen LogP contribution in [0.25, 0.3) is 0 Å². The van der Waals surface area contributed by atoms with E-state index >= 15 is 0 Å². The number of amides is 1. The van der Waals surface area contributed by atoms with E-state index in [1.165, 1.54) is 25.7 Å². The topological polar surface area (TPSA) is 49.6 Å². The summed E-state index contributed by atoms with van der Waals surface area (Å²) in [4.78, 5) is 15.9. The average molecular weight is 275 g/mol. The smallest absolute Gasteiger partial charge is 0.253 e. The molecule has 0 bridgehead atoms. The third-order valence-corrected chi connectivity index (χ3v) is 3.89. The number of carbonyl (C=O) groups is 1. The van der Waals surface area contributed by atoms with Crippen LogP contribution in [0.3, 0.4) is 0 Å². The Morgan fingerprint density at radius 1 is 1.20 bits per heavy atom. The summed E-state index contributed by atoms with van der Waals surface area (Å²) >= 11 is 0. The van der Waals surface area contributed by atoms with E-state index in [1.807, 2.05) is 12.1 Å². The van der Waals surface area contributed by atoms with Crippen LogP contribution in [0, 0.1) is 0 Å². The normalized spacial score (nSPS) is 16.7. The van der Waals surface area contributed by atoms with Crippen LogP contribution in [0.2, 0.25) is 0 Å². The third kappa shape index (κ3) is 3.73. The number of hydrogen-bond donors (Lipinski definition) is 1. The quantitative estimate of drug-likeness (QED) is 0.861. The van der Waals surface area contributed by atoms with E-state index in [4.69, 9.17) is 5.73 Å². The molecule has 0 atom stereocenters. The Morgan fingerprint density at radius 2 is 1.85 bits per heavy atom. The van der Waals surface area contributed by atoms with Gasteiger partial charge in [-0.1, -0.05) is 18.9 Å². The Bertz CT molecular complexity index is 463. The predicted molar refractivity (Wildman–Crippen MR) is 82.6 cm³/mol. The van der Waals surface area contributed by atoms with E-state index in [2.05, 4.69) is 4.90 Å². The van der Waals surface area contributed by atoms with Crippen LogP contribution in [0.4, 0.5) is 5.69 Å². The highest BCUT2D eigenvalue weighted by Crippen LogP contribution is 2.19. The predicted octanol–water partition coefficient (Wildman–Crippen LogP) is 2.35. The van der Waals surface area contributed by atoms with E-state index in [9.17, 15) is 4.79 Å². The average Bonchev–Trinajstić information content (AvgIpc) is 2.68. The molecule has 1 amide bonds. The number of hydrogen-bond acceptors (Lipinski definition) is 3. The molecular formula is C16H25N3O. The molecule has 110 valence electrons. The van der Waals surface area contributed by atoms with Gasteiger partial charge in [0.25, 0.3) is 5.91 Å². The molecule has 1 aromatic carbocycles. The lowest BCUT2D eigenvalue weighted by molar-refractivity contribution is 0.0827. The van der Waals surface area contributed by atoms with Crippen molar-refractivity contribution >= 4 is 11.6 Å². The first-order valence-corrected chi connectivity index (χ1v) is 7.40. The minimum absolute atomic E-state index is 0.00183. The Balaban J connectivity index is 2.07. The van der Waals surface area contributed by atoms with Gasteiger partial charge < -0.3 is 10.6 Å². The number of nitrogens with two attached hydrogens (primary N) is 1. The lowest BCUT2D eigenvalue weighted by Gasteiger charge is -2.21. The molecule has 1 fully saturated rings. The SMILES string of the molecule is CN(C)C(=O)c1ccc(CN2CCCCCC2)c(N)c1. The van der Waals surface area contributed by atoms with E-state index in [0.717, 1.165) is 30.9 Å². The number of likely N-dealkylation sites (tertiary alicyclic amines) is 1. The number of carbonyl (C=O) groups excluding carboxylic acids is 1. The molecule has 0 aromatic heterocycles. The largest absolute Gasteiger partial charge is 0.398 e. The first kappa shape index (κ1) is 14.9. The minimum Gasteiger partial charge on any atom is -0.398 e. The highest BCUT2D eigenvalue weighted by Gasteiger charge is 2.13. The summed E-state index contributed by atoms with van der Waals surface area (Å²) in [5.41, 5.74) is 8.63. The molecule has 20 heavy (non-hydrogen) atoms. The first-order chi connectivity index (χ1) is 9.58. The molecule has 4 heteroatoms. The summed E-state index contributed by atoms with van der Waals surface area (Å²) in [6.45, 7) is 3.19. The van der Waals surface area contributed by atoms with Crippen LogP contribution in [0.1, 0.15) is 41.6 Å².